The summed E-state index contributed by atoms with van der Waals surface area (Å²) in [5, 5.41) is 14.2. The standard InChI is InChI=1S/C10H15ClN2O2S/c1-6(5-14)12-10(15)13-7(2)8-3-4-9(11)16-8/h3-4,6-7,14H,5H2,1-2H3,(H2,12,13,15)/t6-,7+/m0/s1. The highest BCUT2D eigenvalue weighted by Crippen LogP contribution is 2.26. The lowest BCUT2D eigenvalue weighted by Crippen LogP contribution is -2.43. The fourth-order valence-electron chi connectivity index (χ4n) is 1.14. The number of amides is 2. The average molecular weight is 263 g/mol. The van der Waals surface area contributed by atoms with Gasteiger partial charge in [-0.3, -0.25) is 0 Å². The van der Waals surface area contributed by atoms with Crippen molar-refractivity contribution in [3.8, 4) is 0 Å². The minimum absolute atomic E-state index is 0.0768. The summed E-state index contributed by atoms with van der Waals surface area (Å²) in [4.78, 5) is 12.4. The molecule has 0 radical (unpaired) electrons. The lowest BCUT2D eigenvalue weighted by molar-refractivity contribution is 0.218. The quantitative estimate of drug-likeness (QED) is 0.779. The van der Waals surface area contributed by atoms with Crippen LogP contribution in [0.4, 0.5) is 4.79 Å². The third-order valence-electron chi connectivity index (χ3n) is 2.02. The van der Waals surface area contributed by atoms with Crippen LogP contribution in [-0.4, -0.2) is 23.8 Å². The zero-order valence-corrected chi connectivity index (χ0v) is 10.7. The minimum atomic E-state index is -0.293. The number of thiophene rings is 1. The van der Waals surface area contributed by atoms with Crippen molar-refractivity contribution in [1.82, 2.24) is 10.6 Å². The van der Waals surface area contributed by atoms with Crippen molar-refractivity contribution in [3.05, 3.63) is 21.3 Å². The summed E-state index contributed by atoms with van der Waals surface area (Å²) in [6.45, 7) is 3.53. The molecule has 0 fully saturated rings. The van der Waals surface area contributed by atoms with Crippen molar-refractivity contribution < 1.29 is 9.90 Å². The van der Waals surface area contributed by atoms with Crippen LogP contribution in [0.15, 0.2) is 12.1 Å². The highest BCUT2D eigenvalue weighted by Gasteiger charge is 2.12. The van der Waals surface area contributed by atoms with E-state index in [1.165, 1.54) is 11.3 Å². The van der Waals surface area contributed by atoms with Gasteiger partial charge in [0.05, 0.1) is 23.0 Å². The van der Waals surface area contributed by atoms with Gasteiger partial charge >= 0.3 is 6.03 Å². The van der Waals surface area contributed by atoms with E-state index in [4.69, 9.17) is 16.7 Å². The van der Waals surface area contributed by atoms with E-state index in [0.29, 0.717) is 4.34 Å². The fraction of sp³-hybridized carbons (Fsp3) is 0.500. The van der Waals surface area contributed by atoms with Crippen LogP contribution < -0.4 is 10.6 Å². The molecule has 0 bridgehead atoms. The number of rotatable bonds is 4. The molecular weight excluding hydrogens is 248 g/mol. The second-order valence-corrected chi connectivity index (χ2v) is 5.31. The second-order valence-electron chi connectivity index (χ2n) is 3.56. The van der Waals surface area contributed by atoms with Gasteiger partial charge in [0, 0.05) is 4.88 Å². The van der Waals surface area contributed by atoms with Gasteiger partial charge in [-0.15, -0.1) is 11.3 Å². The van der Waals surface area contributed by atoms with Gasteiger partial charge in [-0.05, 0) is 26.0 Å². The Morgan fingerprint density at radius 1 is 1.50 bits per heavy atom. The molecule has 1 aromatic heterocycles. The number of aliphatic hydroxyl groups excluding tert-OH is 1. The van der Waals surface area contributed by atoms with E-state index in [0.717, 1.165) is 4.88 Å². The Labute approximate surface area is 104 Å². The van der Waals surface area contributed by atoms with E-state index < -0.39 is 0 Å². The number of hydrogen-bond acceptors (Lipinski definition) is 3. The third kappa shape index (κ3) is 4.00. The summed E-state index contributed by atoms with van der Waals surface area (Å²) in [7, 11) is 0. The predicted octanol–water partition coefficient (Wildman–Crippen LogP) is 2.14. The number of urea groups is 1. The summed E-state index contributed by atoms with van der Waals surface area (Å²) in [5.41, 5.74) is 0. The van der Waals surface area contributed by atoms with Crippen LogP contribution in [0.5, 0.6) is 0 Å². The van der Waals surface area contributed by atoms with Crippen molar-refractivity contribution in [3.63, 3.8) is 0 Å². The van der Waals surface area contributed by atoms with E-state index in [2.05, 4.69) is 10.6 Å². The van der Waals surface area contributed by atoms with Gasteiger partial charge < -0.3 is 15.7 Å². The van der Waals surface area contributed by atoms with Crippen LogP contribution in [-0.2, 0) is 0 Å². The first-order valence-corrected chi connectivity index (χ1v) is 6.15. The second kappa shape index (κ2) is 6.08. The van der Waals surface area contributed by atoms with E-state index >= 15 is 0 Å². The molecule has 16 heavy (non-hydrogen) atoms. The molecule has 1 rings (SSSR count). The predicted molar refractivity (Wildman–Crippen MR) is 66.0 cm³/mol. The lowest BCUT2D eigenvalue weighted by atomic mass is 10.3. The number of carbonyl (C=O) groups excluding carboxylic acids is 1. The molecule has 0 aliphatic rings. The monoisotopic (exact) mass is 262 g/mol. The van der Waals surface area contributed by atoms with Gasteiger partial charge in [0.25, 0.3) is 0 Å². The summed E-state index contributed by atoms with van der Waals surface area (Å²) in [6, 6.07) is 3.04. The van der Waals surface area contributed by atoms with Gasteiger partial charge in [-0.25, -0.2) is 4.79 Å². The van der Waals surface area contributed by atoms with Crippen LogP contribution >= 0.6 is 22.9 Å². The van der Waals surface area contributed by atoms with E-state index in [-0.39, 0.29) is 24.7 Å². The first-order chi connectivity index (χ1) is 7.52. The Morgan fingerprint density at radius 3 is 2.69 bits per heavy atom. The van der Waals surface area contributed by atoms with E-state index in [1.807, 2.05) is 13.0 Å². The van der Waals surface area contributed by atoms with Crippen LogP contribution in [0.25, 0.3) is 0 Å². The van der Waals surface area contributed by atoms with Crippen molar-refractivity contribution in [2.45, 2.75) is 25.9 Å². The average Bonchev–Trinajstić information content (AvgIpc) is 2.64. The van der Waals surface area contributed by atoms with Crippen molar-refractivity contribution in [2.24, 2.45) is 0 Å². The molecule has 2 atom stereocenters. The number of hydrogen-bond donors (Lipinski definition) is 3. The van der Waals surface area contributed by atoms with Crippen molar-refractivity contribution in [1.29, 1.82) is 0 Å². The maximum Gasteiger partial charge on any atom is 0.315 e. The van der Waals surface area contributed by atoms with Crippen molar-refractivity contribution in [2.75, 3.05) is 6.61 Å². The molecular formula is C10H15ClN2O2S. The van der Waals surface area contributed by atoms with E-state index in [1.54, 1.807) is 13.0 Å². The summed E-state index contributed by atoms with van der Waals surface area (Å²) < 4.78 is 0.702. The summed E-state index contributed by atoms with van der Waals surface area (Å²) >= 11 is 7.24. The van der Waals surface area contributed by atoms with Crippen LogP contribution in [0, 0.1) is 0 Å². The zero-order valence-electron chi connectivity index (χ0n) is 9.16. The molecule has 1 aromatic rings. The normalized spacial score (nSPS) is 14.2. The molecule has 3 N–H and O–H groups in total. The molecule has 2 amide bonds. The van der Waals surface area contributed by atoms with Crippen LogP contribution in [0.1, 0.15) is 24.8 Å². The van der Waals surface area contributed by atoms with Crippen LogP contribution in [0.3, 0.4) is 0 Å². The Morgan fingerprint density at radius 2 is 2.19 bits per heavy atom. The fourth-order valence-corrected chi connectivity index (χ4v) is 2.20. The molecule has 0 unspecified atom stereocenters. The Hall–Kier alpha value is -0.780. The number of carbonyl (C=O) groups is 1. The first-order valence-electron chi connectivity index (χ1n) is 4.96. The van der Waals surface area contributed by atoms with Gasteiger partial charge in [0.2, 0.25) is 0 Å². The molecule has 0 aromatic carbocycles. The topological polar surface area (TPSA) is 61.4 Å². The highest BCUT2D eigenvalue weighted by atomic mass is 35.5. The molecule has 0 saturated heterocycles. The number of aliphatic hydroxyl groups is 1. The molecule has 90 valence electrons. The Bertz CT molecular complexity index is 356. The highest BCUT2D eigenvalue weighted by molar-refractivity contribution is 7.16. The first kappa shape index (κ1) is 13.3. The smallest absolute Gasteiger partial charge is 0.315 e. The Balaban J connectivity index is 2.45. The largest absolute Gasteiger partial charge is 0.394 e. The van der Waals surface area contributed by atoms with Gasteiger partial charge in [-0.2, -0.15) is 0 Å². The lowest BCUT2D eigenvalue weighted by Gasteiger charge is -2.15. The molecule has 0 aliphatic carbocycles. The minimum Gasteiger partial charge on any atom is -0.394 e. The van der Waals surface area contributed by atoms with Gasteiger partial charge in [-0.1, -0.05) is 11.6 Å². The number of halogens is 1. The molecule has 0 saturated carbocycles. The summed E-state index contributed by atoms with van der Waals surface area (Å²) in [6.07, 6.45) is 0. The molecule has 6 heteroatoms. The van der Waals surface area contributed by atoms with Crippen LogP contribution in [0.2, 0.25) is 4.34 Å². The summed E-state index contributed by atoms with van der Waals surface area (Å²) in [5.74, 6) is 0. The van der Waals surface area contributed by atoms with E-state index in [9.17, 15) is 4.79 Å². The maximum atomic E-state index is 11.4. The molecule has 0 aliphatic heterocycles. The van der Waals surface area contributed by atoms with Crippen molar-refractivity contribution >= 4 is 29.0 Å². The third-order valence-corrected chi connectivity index (χ3v) is 3.43. The zero-order chi connectivity index (χ0) is 12.1. The molecule has 4 nitrogen and oxygen atoms in total. The molecule has 1 heterocycles. The van der Waals surface area contributed by atoms with Gasteiger partial charge in [0.1, 0.15) is 0 Å². The molecule has 0 spiro atoms. The number of nitrogens with one attached hydrogen (secondary N) is 2. The van der Waals surface area contributed by atoms with Gasteiger partial charge in [0.15, 0.2) is 0 Å². The SMILES string of the molecule is C[C@@H](CO)NC(=O)N[C@H](C)c1ccc(Cl)s1. The maximum absolute atomic E-state index is 11.4. The Kier molecular flexibility index (Phi) is 5.05.